The van der Waals surface area contributed by atoms with Gasteiger partial charge in [-0.2, -0.15) is 0 Å². The number of fused-ring (bicyclic) bond motifs is 1. The van der Waals surface area contributed by atoms with Gasteiger partial charge in [0, 0.05) is 31.9 Å². The van der Waals surface area contributed by atoms with Gasteiger partial charge in [-0.15, -0.1) is 35.9 Å². The first-order chi connectivity index (χ1) is 10.9. The molecule has 0 amide bonds. The van der Waals surface area contributed by atoms with Crippen molar-refractivity contribution in [1.29, 1.82) is 0 Å². The van der Waals surface area contributed by atoms with E-state index in [9.17, 15) is 0 Å². The monoisotopic (exact) mass is 473 g/mol. The number of hydrogen-bond donors (Lipinski definition) is 0. The zero-order chi connectivity index (χ0) is 14.8. The summed E-state index contributed by atoms with van der Waals surface area (Å²) in [5, 5.41) is 2.38. The number of nitrogens with zero attached hydrogens (tertiary/aromatic N) is 1. The predicted octanol–water partition coefficient (Wildman–Crippen LogP) is 5.37. The molecule has 0 saturated carbocycles. The van der Waals surface area contributed by atoms with Crippen molar-refractivity contribution in [3.05, 3.63) is 91.1 Å². The van der Waals surface area contributed by atoms with Gasteiger partial charge in [-0.3, -0.25) is 0 Å². The number of rotatable bonds is 2. The summed E-state index contributed by atoms with van der Waals surface area (Å²) in [6.07, 6.45) is 1.97. The molecular weight excluding hydrogens is 458 g/mol. The standard InChI is InChI=1S/C21H14N.Ir/c1-3-9-16(10-4-1)20-15-22-21(17-11-5-2-6-12-17)19-14-8-7-13-18(19)20;/h1-11,13-15H;/q-1;. The van der Waals surface area contributed by atoms with Crippen LogP contribution in [0.4, 0.5) is 0 Å². The van der Waals surface area contributed by atoms with Crippen LogP contribution in [0.15, 0.2) is 85.1 Å². The Morgan fingerprint density at radius 1 is 0.696 bits per heavy atom. The van der Waals surface area contributed by atoms with Crippen molar-refractivity contribution in [2.75, 3.05) is 0 Å². The molecule has 1 radical (unpaired) electrons. The first-order valence-corrected chi connectivity index (χ1v) is 7.34. The van der Waals surface area contributed by atoms with E-state index in [2.05, 4.69) is 60.7 Å². The van der Waals surface area contributed by atoms with E-state index >= 15 is 0 Å². The third kappa shape index (κ3) is 2.96. The molecule has 23 heavy (non-hydrogen) atoms. The van der Waals surface area contributed by atoms with Crippen molar-refractivity contribution >= 4 is 10.8 Å². The zero-order valence-electron chi connectivity index (χ0n) is 12.4. The Bertz CT molecular complexity index is 840. The molecule has 0 fully saturated rings. The van der Waals surface area contributed by atoms with Gasteiger partial charge in [0.05, 0.1) is 0 Å². The molecule has 1 nitrogen and oxygen atoms in total. The van der Waals surface area contributed by atoms with Crippen molar-refractivity contribution in [2.24, 2.45) is 0 Å². The molecule has 4 aromatic rings. The van der Waals surface area contributed by atoms with E-state index in [1.54, 1.807) is 0 Å². The molecule has 0 aliphatic carbocycles. The van der Waals surface area contributed by atoms with Crippen LogP contribution < -0.4 is 0 Å². The second-order valence-corrected chi connectivity index (χ2v) is 5.21. The van der Waals surface area contributed by atoms with Crippen molar-refractivity contribution < 1.29 is 20.1 Å². The van der Waals surface area contributed by atoms with Crippen LogP contribution in [0, 0.1) is 6.07 Å². The summed E-state index contributed by atoms with van der Waals surface area (Å²) in [5.41, 5.74) is 4.36. The van der Waals surface area contributed by atoms with E-state index in [4.69, 9.17) is 4.98 Å². The molecule has 2 heteroatoms. The Kier molecular flexibility index (Phi) is 4.66. The molecule has 0 atom stereocenters. The minimum Gasteiger partial charge on any atom is -0.303 e. The second-order valence-electron chi connectivity index (χ2n) is 5.21. The molecule has 0 unspecified atom stereocenters. The molecule has 0 saturated heterocycles. The Balaban J connectivity index is 0.00000156. The quantitative estimate of drug-likeness (QED) is 0.358. The molecule has 1 aromatic heterocycles. The SMILES string of the molecule is [Ir].[c-]1ccccc1-c1ncc(-c2ccccc2)c2ccccc12. The van der Waals surface area contributed by atoms with E-state index in [0.29, 0.717) is 0 Å². The fourth-order valence-electron chi connectivity index (χ4n) is 2.80. The van der Waals surface area contributed by atoms with Gasteiger partial charge in [0.1, 0.15) is 0 Å². The van der Waals surface area contributed by atoms with Crippen LogP contribution in [0.3, 0.4) is 0 Å². The van der Waals surface area contributed by atoms with E-state index in [0.717, 1.165) is 22.2 Å². The fraction of sp³-hybridized carbons (Fsp3) is 0. The largest absolute Gasteiger partial charge is 0.303 e. The van der Waals surface area contributed by atoms with Gasteiger partial charge < -0.3 is 4.98 Å². The van der Waals surface area contributed by atoms with Crippen molar-refractivity contribution in [1.82, 2.24) is 4.98 Å². The van der Waals surface area contributed by atoms with Gasteiger partial charge in [0.15, 0.2) is 0 Å². The molecular formula is C21H14IrN-. The van der Waals surface area contributed by atoms with Crippen LogP contribution in [-0.4, -0.2) is 4.98 Å². The van der Waals surface area contributed by atoms with Crippen molar-refractivity contribution in [3.63, 3.8) is 0 Å². The topological polar surface area (TPSA) is 12.9 Å². The first-order valence-electron chi connectivity index (χ1n) is 7.34. The van der Waals surface area contributed by atoms with E-state index in [1.807, 2.05) is 30.5 Å². The maximum Gasteiger partial charge on any atom is 0.0245 e. The van der Waals surface area contributed by atoms with Gasteiger partial charge in [-0.05, 0) is 22.0 Å². The number of aromatic nitrogens is 1. The third-order valence-corrected chi connectivity index (χ3v) is 3.84. The summed E-state index contributed by atoms with van der Waals surface area (Å²) in [6.45, 7) is 0. The third-order valence-electron chi connectivity index (χ3n) is 3.84. The zero-order valence-corrected chi connectivity index (χ0v) is 14.8. The van der Waals surface area contributed by atoms with Crippen LogP contribution in [-0.2, 0) is 20.1 Å². The van der Waals surface area contributed by atoms with Gasteiger partial charge in [0.2, 0.25) is 0 Å². The van der Waals surface area contributed by atoms with Gasteiger partial charge in [-0.1, -0.05) is 54.6 Å². The molecule has 1 heterocycles. The summed E-state index contributed by atoms with van der Waals surface area (Å²) < 4.78 is 0. The van der Waals surface area contributed by atoms with Crippen molar-refractivity contribution in [2.45, 2.75) is 0 Å². The van der Waals surface area contributed by atoms with E-state index < -0.39 is 0 Å². The average Bonchev–Trinajstić information content (AvgIpc) is 2.62. The summed E-state index contributed by atoms with van der Waals surface area (Å²) >= 11 is 0. The summed E-state index contributed by atoms with van der Waals surface area (Å²) in [4.78, 5) is 4.72. The minimum atomic E-state index is 0. The summed E-state index contributed by atoms with van der Waals surface area (Å²) in [7, 11) is 0. The number of benzene rings is 3. The molecule has 0 spiro atoms. The Labute approximate surface area is 149 Å². The van der Waals surface area contributed by atoms with Crippen molar-refractivity contribution in [3.8, 4) is 22.4 Å². The van der Waals surface area contributed by atoms with Crippen LogP contribution in [0.5, 0.6) is 0 Å². The molecule has 4 rings (SSSR count). The van der Waals surface area contributed by atoms with Gasteiger partial charge in [0.25, 0.3) is 0 Å². The average molecular weight is 473 g/mol. The smallest absolute Gasteiger partial charge is 0.0245 e. The van der Waals surface area contributed by atoms with E-state index in [-0.39, 0.29) is 20.1 Å². The van der Waals surface area contributed by atoms with Crippen LogP contribution in [0.1, 0.15) is 0 Å². The molecule has 0 N–H and O–H groups in total. The number of hydrogen-bond acceptors (Lipinski definition) is 1. The van der Waals surface area contributed by atoms with Crippen LogP contribution >= 0.6 is 0 Å². The Morgan fingerprint density at radius 3 is 2.13 bits per heavy atom. The maximum atomic E-state index is 4.72. The molecule has 0 aliphatic heterocycles. The molecule has 0 aliphatic rings. The summed E-state index contributed by atoms with van der Waals surface area (Å²) in [5.74, 6) is 0. The molecule has 0 bridgehead atoms. The predicted molar refractivity (Wildman–Crippen MR) is 91.5 cm³/mol. The molecule has 3 aromatic carbocycles. The normalized spacial score (nSPS) is 10.3. The van der Waals surface area contributed by atoms with Gasteiger partial charge in [-0.25, -0.2) is 0 Å². The fourth-order valence-corrected chi connectivity index (χ4v) is 2.80. The second kappa shape index (κ2) is 6.87. The minimum absolute atomic E-state index is 0. The Morgan fingerprint density at radius 2 is 1.39 bits per heavy atom. The first kappa shape index (κ1) is 15.6. The van der Waals surface area contributed by atoms with Crippen LogP contribution in [0.25, 0.3) is 33.2 Å². The summed E-state index contributed by atoms with van der Waals surface area (Å²) in [6, 6.07) is 30.1. The Hall–Kier alpha value is -2.28. The van der Waals surface area contributed by atoms with Crippen LogP contribution in [0.2, 0.25) is 0 Å². The maximum absolute atomic E-state index is 4.72. The molecule has 113 valence electrons. The number of pyridine rings is 1. The van der Waals surface area contributed by atoms with E-state index in [1.165, 1.54) is 10.9 Å². The van der Waals surface area contributed by atoms with Gasteiger partial charge >= 0.3 is 0 Å².